The summed E-state index contributed by atoms with van der Waals surface area (Å²) in [6.07, 6.45) is 7.12. The van der Waals surface area contributed by atoms with Crippen molar-refractivity contribution in [1.82, 2.24) is 4.90 Å². The molecule has 1 aromatic rings. The molecule has 0 saturated heterocycles. The van der Waals surface area contributed by atoms with E-state index in [9.17, 15) is 9.59 Å². The quantitative estimate of drug-likeness (QED) is 0.711. The van der Waals surface area contributed by atoms with Crippen molar-refractivity contribution in [2.75, 3.05) is 13.7 Å². The number of rotatable bonds is 6. The zero-order valence-corrected chi connectivity index (χ0v) is 16.5. The molecule has 4 aliphatic carbocycles. The molecule has 1 atom stereocenters. The maximum atomic E-state index is 13.8. The summed E-state index contributed by atoms with van der Waals surface area (Å²) < 4.78 is 4.92. The number of amides is 1. The topological polar surface area (TPSA) is 46.6 Å². The SMILES string of the molecule is COC(=O)C(C)CN(Cc1ccccc1)C(=O)C12CC3CC(CC(C3)C1)C2. The summed E-state index contributed by atoms with van der Waals surface area (Å²) in [5.74, 6) is 1.93. The molecule has 27 heavy (non-hydrogen) atoms. The number of carbonyl (C=O) groups excluding carboxylic acids is 2. The van der Waals surface area contributed by atoms with Crippen molar-refractivity contribution in [2.45, 2.75) is 52.0 Å². The highest BCUT2D eigenvalue weighted by atomic mass is 16.5. The molecule has 4 saturated carbocycles. The lowest BCUT2D eigenvalue weighted by molar-refractivity contribution is -0.160. The Hall–Kier alpha value is -1.84. The van der Waals surface area contributed by atoms with E-state index in [4.69, 9.17) is 4.74 Å². The van der Waals surface area contributed by atoms with Crippen LogP contribution in [0.25, 0.3) is 0 Å². The highest BCUT2D eigenvalue weighted by Crippen LogP contribution is 2.60. The number of ether oxygens (including phenoxy) is 1. The van der Waals surface area contributed by atoms with Crippen LogP contribution in [0.1, 0.15) is 51.0 Å². The fraction of sp³-hybridized carbons (Fsp3) is 0.652. The minimum atomic E-state index is -0.309. The van der Waals surface area contributed by atoms with E-state index in [0.717, 1.165) is 42.6 Å². The maximum absolute atomic E-state index is 13.8. The minimum absolute atomic E-state index is 0.181. The van der Waals surface area contributed by atoms with Gasteiger partial charge >= 0.3 is 5.97 Å². The van der Waals surface area contributed by atoms with Gasteiger partial charge in [-0.05, 0) is 61.8 Å². The maximum Gasteiger partial charge on any atom is 0.310 e. The number of benzene rings is 1. The Kier molecular flexibility index (Phi) is 5.00. The fourth-order valence-corrected chi connectivity index (χ4v) is 6.34. The summed E-state index contributed by atoms with van der Waals surface area (Å²) in [5, 5.41) is 0. The van der Waals surface area contributed by atoms with E-state index in [2.05, 4.69) is 12.1 Å². The van der Waals surface area contributed by atoms with Gasteiger partial charge in [-0.3, -0.25) is 9.59 Å². The lowest BCUT2D eigenvalue weighted by Crippen LogP contribution is -2.55. The fourth-order valence-electron chi connectivity index (χ4n) is 6.34. The first-order chi connectivity index (χ1) is 13.0. The molecule has 4 heteroatoms. The van der Waals surface area contributed by atoms with Crippen LogP contribution in [0.3, 0.4) is 0 Å². The standard InChI is InChI=1S/C23H31NO3/c1-16(21(25)27-2)14-24(15-17-6-4-3-5-7-17)22(26)23-11-18-8-19(12-23)10-20(9-18)13-23/h3-7,16,18-20H,8-15H2,1-2H3. The molecular formula is C23H31NO3. The van der Waals surface area contributed by atoms with Crippen LogP contribution in [-0.4, -0.2) is 30.4 Å². The summed E-state index contributed by atoms with van der Waals surface area (Å²) in [6, 6.07) is 10.1. The average Bonchev–Trinajstić information content (AvgIpc) is 2.66. The number of nitrogens with zero attached hydrogens (tertiary/aromatic N) is 1. The molecule has 4 bridgehead atoms. The van der Waals surface area contributed by atoms with Crippen LogP contribution in [0.4, 0.5) is 0 Å². The lowest BCUT2D eigenvalue weighted by atomic mass is 9.49. The van der Waals surface area contributed by atoms with Crippen molar-refractivity contribution in [1.29, 1.82) is 0 Å². The van der Waals surface area contributed by atoms with Gasteiger partial charge in [0.25, 0.3) is 0 Å². The van der Waals surface area contributed by atoms with Gasteiger partial charge < -0.3 is 9.64 Å². The van der Waals surface area contributed by atoms with Crippen LogP contribution in [0.5, 0.6) is 0 Å². The zero-order chi connectivity index (χ0) is 19.0. The Bertz CT molecular complexity index is 664. The Morgan fingerprint density at radius 3 is 2.15 bits per heavy atom. The molecule has 1 amide bonds. The summed E-state index contributed by atoms with van der Waals surface area (Å²) in [5.41, 5.74) is 0.937. The highest BCUT2D eigenvalue weighted by Gasteiger charge is 2.55. The van der Waals surface area contributed by atoms with E-state index >= 15 is 0 Å². The molecule has 4 aliphatic rings. The normalized spacial score (nSPS) is 32.1. The third-order valence-corrected chi connectivity index (χ3v) is 7.09. The number of esters is 1. The molecule has 0 radical (unpaired) electrons. The van der Waals surface area contributed by atoms with Gasteiger partial charge in [-0.15, -0.1) is 0 Å². The second kappa shape index (κ2) is 7.29. The molecule has 4 nitrogen and oxygen atoms in total. The van der Waals surface area contributed by atoms with Crippen LogP contribution in [0, 0.1) is 29.1 Å². The van der Waals surface area contributed by atoms with Gasteiger partial charge in [-0.1, -0.05) is 37.3 Å². The molecule has 5 rings (SSSR count). The molecule has 0 spiro atoms. The van der Waals surface area contributed by atoms with E-state index < -0.39 is 0 Å². The smallest absolute Gasteiger partial charge is 0.310 e. The molecule has 1 aromatic carbocycles. The summed E-state index contributed by atoms with van der Waals surface area (Å²) >= 11 is 0. The Morgan fingerprint density at radius 1 is 1.07 bits per heavy atom. The Labute approximate surface area is 162 Å². The number of methoxy groups -OCH3 is 1. The number of carbonyl (C=O) groups is 2. The molecular weight excluding hydrogens is 338 g/mol. The van der Waals surface area contributed by atoms with Crippen LogP contribution in [0.15, 0.2) is 30.3 Å². The first kappa shape index (κ1) is 18.5. The van der Waals surface area contributed by atoms with Gasteiger partial charge in [-0.2, -0.15) is 0 Å². The van der Waals surface area contributed by atoms with Gasteiger partial charge in [0.2, 0.25) is 5.91 Å². The second-order valence-corrected chi connectivity index (χ2v) is 9.29. The van der Waals surface area contributed by atoms with Crippen molar-refractivity contribution in [2.24, 2.45) is 29.1 Å². The van der Waals surface area contributed by atoms with Gasteiger partial charge in [0.05, 0.1) is 18.4 Å². The Balaban J connectivity index is 1.57. The predicted octanol–water partition coefficient (Wildman–Crippen LogP) is 4.04. The van der Waals surface area contributed by atoms with Gasteiger partial charge in [0.15, 0.2) is 0 Å². The molecule has 0 heterocycles. The van der Waals surface area contributed by atoms with Crippen molar-refractivity contribution in [3.8, 4) is 0 Å². The van der Waals surface area contributed by atoms with E-state index in [-0.39, 0.29) is 23.2 Å². The predicted molar refractivity (Wildman–Crippen MR) is 104 cm³/mol. The van der Waals surface area contributed by atoms with Crippen LogP contribution >= 0.6 is 0 Å². The van der Waals surface area contributed by atoms with Gasteiger partial charge in [-0.25, -0.2) is 0 Å². The van der Waals surface area contributed by atoms with Crippen LogP contribution in [0.2, 0.25) is 0 Å². The molecule has 0 aromatic heterocycles. The lowest BCUT2D eigenvalue weighted by Gasteiger charge is -2.56. The first-order valence-electron chi connectivity index (χ1n) is 10.4. The van der Waals surface area contributed by atoms with Crippen LogP contribution in [-0.2, 0) is 20.9 Å². The molecule has 0 aliphatic heterocycles. The van der Waals surface area contributed by atoms with Crippen molar-refractivity contribution in [3.05, 3.63) is 35.9 Å². The molecule has 1 unspecified atom stereocenters. The average molecular weight is 370 g/mol. The monoisotopic (exact) mass is 369 g/mol. The van der Waals surface area contributed by atoms with Crippen molar-refractivity contribution >= 4 is 11.9 Å². The molecule has 146 valence electrons. The van der Waals surface area contributed by atoms with Crippen LogP contribution < -0.4 is 0 Å². The third-order valence-electron chi connectivity index (χ3n) is 7.09. The summed E-state index contributed by atoms with van der Waals surface area (Å²) in [6.45, 7) is 2.86. The summed E-state index contributed by atoms with van der Waals surface area (Å²) in [4.78, 5) is 27.8. The van der Waals surface area contributed by atoms with E-state index in [1.165, 1.54) is 26.4 Å². The van der Waals surface area contributed by atoms with E-state index in [1.54, 1.807) is 0 Å². The van der Waals surface area contributed by atoms with E-state index in [0.29, 0.717) is 13.1 Å². The summed E-state index contributed by atoms with van der Waals surface area (Å²) in [7, 11) is 1.42. The van der Waals surface area contributed by atoms with Crippen molar-refractivity contribution < 1.29 is 14.3 Å². The van der Waals surface area contributed by atoms with Crippen molar-refractivity contribution in [3.63, 3.8) is 0 Å². The highest BCUT2D eigenvalue weighted by molar-refractivity contribution is 5.84. The van der Waals surface area contributed by atoms with Gasteiger partial charge in [0.1, 0.15) is 0 Å². The third kappa shape index (κ3) is 3.63. The molecule has 4 fully saturated rings. The zero-order valence-electron chi connectivity index (χ0n) is 16.5. The minimum Gasteiger partial charge on any atom is -0.469 e. The Morgan fingerprint density at radius 2 is 1.63 bits per heavy atom. The largest absolute Gasteiger partial charge is 0.469 e. The molecule has 0 N–H and O–H groups in total. The number of hydrogen-bond acceptors (Lipinski definition) is 3. The number of hydrogen-bond donors (Lipinski definition) is 0. The first-order valence-corrected chi connectivity index (χ1v) is 10.4. The second-order valence-electron chi connectivity index (χ2n) is 9.29. The van der Waals surface area contributed by atoms with Gasteiger partial charge in [0, 0.05) is 13.1 Å². The van der Waals surface area contributed by atoms with E-state index in [1.807, 2.05) is 30.0 Å².